The molecule has 0 saturated carbocycles. The summed E-state index contributed by atoms with van der Waals surface area (Å²) in [5, 5.41) is 10.3. The Bertz CT molecular complexity index is 775. The van der Waals surface area contributed by atoms with Crippen molar-refractivity contribution in [1.29, 1.82) is 0 Å². The van der Waals surface area contributed by atoms with Gasteiger partial charge in [0.2, 0.25) is 11.5 Å². The van der Waals surface area contributed by atoms with E-state index in [4.69, 9.17) is 0 Å². The maximum Gasteiger partial charge on any atom is 0.425 e. The number of rotatable bonds is 6. The number of hydrogen-bond acceptors (Lipinski definition) is 3. The molecule has 0 saturated heterocycles. The highest BCUT2D eigenvalue weighted by molar-refractivity contribution is 5.77. The molecule has 1 N–H and O–H groups in total. The molecular formula is C17H19F4N3O2. The second kappa shape index (κ2) is 7.45. The molecule has 1 atom stereocenters. The maximum absolute atomic E-state index is 13.5. The van der Waals surface area contributed by atoms with Crippen LogP contribution in [0.4, 0.5) is 17.6 Å². The smallest absolute Gasteiger partial charge is 0.374 e. The number of benzene rings is 1. The standard InChI is InChI=1S/C17H19F4N3O2/c1-3-24(11-12-5-4-6-13(18)9-12)14(25)10-16(26,17(19,20)21)15-22-7-8-23(15)2/h4-9,26H,3,10-11H2,1-2H3. The van der Waals surface area contributed by atoms with Crippen molar-refractivity contribution < 1.29 is 27.5 Å². The van der Waals surface area contributed by atoms with E-state index in [0.717, 1.165) is 15.7 Å². The first-order valence-corrected chi connectivity index (χ1v) is 7.87. The Balaban J connectivity index is 2.27. The normalized spacial score (nSPS) is 14.1. The summed E-state index contributed by atoms with van der Waals surface area (Å²) in [6, 6.07) is 5.44. The van der Waals surface area contributed by atoms with E-state index in [1.807, 2.05) is 0 Å². The minimum absolute atomic E-state index is 0.0679. The summed E-state index contributed by atoms with van der Waals surface area (Å²) in [5.41, 5.74) is -2.98. The molecule has 0 radical (unpaired) electrons. The van der Waals surface area contributed by atoms with Gasteiger partial charge in [0.05, 0.1) is 6.42 Å². The molecule has 2 rings (SSSR count). The lowest BCUT2D eigenvalue weighted by atomic mass is 9.96. The summed E-state index contributed by atoms with van der Waals surface area (Å²) in [4.78, 5) is 17.1. The highest BCUT2D eigenvalue weighted by Crippen LogP contribution is 2.41. The lowest BCUT2D eigenvalue weighted by Gasteiger charge is -2.31. The fourth-order valence-corrected chi connectivity index (χ4v) is 2.63. The third-order valence-corrected chi connectivity index (χ3v) is 4.06. The number of halogens is 4. The van der Waals surface area contributed by atoms with Crippen LogP contribution in [0.3, 0.4) is 0 Å². The van der Waals surface area contributed by atoms with Crippen LogP contribution in [0.15, 0.2) is 36.7 Å². The van der Waals surface area contributed by atoms with Gasteiger partial charge in [-0.15, -0.1) is 0 Å². The first kappa shape index (κ1) is 19.9. The van der Waals surface area contributed by atoms with Gasteiger partial charge in [-0.25, -0.2) is 9.37 Å². The lowest BCUT2D eigenvalue weighted by molar-refractivity contribution is -0.272. The van der Waals surface area contributed by atoms with Gasteiger partial charge >= 0.3 is 6.18 Å². The number of hydrogen-bond donors (Lipinski definition) is 1. The number of nitrogens with zero attached hydrogens (tertiary/aromatic N) is 3. The van der Waals surface area contributed by atoms with Gasteiger partial charge in [-0.2, -0.15) is 13.2 Å². The average Bonchev–Trinajstić information content (AvgIpc) is 2.98. The van der Waals surface area contributed by atoms with Crippen LogP contribution < -0.4 is 0 Å². The average molecular weight is 373 g/mol. The van der Waals surface area contributed by atoms with Crippen LogP contribution in [0.25, 0.3) is 0 Å². The molecule has 1 aromatic heterocycles. The Labute approximate surface area is 147 Å². The zero-order valence-corrected chi connectivity index (χ0v) is 14.3. The molecule has 0 aliphatic rings. The van der Waals surface area contributed by atoms with Crippen LogP contribution in [0, 0.1) is 5.82 Å². The quantitative estimate of drug-likeness (QED) is 0.793. The summed E-state index contributed by atoms with van der Waals surface area (Å²) in [6.07, 6.45) is -3.95. The summed E-state index contributed by atoms with van der Waals surface area (Å²) < 4.78 is 54.9. The Morgan fingerprint density at radius 3 is 2.54 bits per heavy atom. The number of alkyl halides is 3. The van der Waals surface area contributed by atoms with Gasteiger partial charge in [0.15, 0.2) is 5.82 Å². The molecule has 0 aliphatic carbocycles. The van der Waals surface area contributed by atoms with Gasteiger partial charge in [0, 0.05) is 32.5 Å². The summed E-state index contributed by atoms with van der Waals surface area (Å²) in [6.45, 7) is 1.62. The summed E-state index contributed by atoms with van der Waals surface area (Å²) >= 11 is 0. The molecule has 1 amide bonds. The van der Waals surface area contributed by atoms with Crippen molar-refractivity contribution in [2.75, 3.05) is 6.54 Å². The number of aryl methyl sites for hydroxylation is 1. The monoisotopic (exact) mass is 373 g/mol. The molecule has 1 unspecified atom stereocenters. The van der Waals surface area contributed by atoms with Gasteiger partial charge in [-0.05, 0) is 24.6 Å². The molecule has 0 aliphatic heterocycles. The van der Waals surface area contributed by atoms with E-state index in [1.54, 1.807) is 13.0 Å². The fraction of sp³-hybridized carbons (Fsp3) is 0.412. The Morgan fingerprint density at radius 2 is 2.04 bits per heavy atom. The van der Waals surface area contributed by atoms with Crippen molar-refractivity contribution >= 4 is 5.91 Å². The van der Waals surface area contributed by atoms with E-state index >= 15 is 0 Å². The topological polar surface area (TPSA) is 58.4 Å². The molecule has 0 fully saturated rings. The molecule has 9 heteroatoms. The van der Waals surface area contributed by atoms with E-state index in [9.17, 15) is 27.5 Å². The second-order valence-corrected chi connectivity index (χ2v) is 5.93. The molecular weight excluding hydrogens is 354 g/mol. The van der Waals surface area contributed by atoms with Gasteiger partial charge in [-0.1, -0.05) is 12.1 Å². The van der Waals surface area contributed by atoms with Gasteiger partial charge in [0.1, 0.15) is 5.82 Å². The van der Waals surface area contributed by atoms with Crippen molar-refractivity contribution in [2.45, 2.75) is 31.7 Å². The Kier molecular flexibility index (Phi) is 5.70. The predicted molar refractivity (Wildman–Crippen MR) is 85.3 cm³/mol. The van der Waals surface area contributed by atoms with Crippen LogP contribution in [0.2, 0.25) is 0 Å². The van der Waals surface area contributed by atoms with Gasteiger partial charge in [0.25, 0.3) is 0 Å². The molecule has 0 bridgehead atoms. The minimum Gasteiger partial charge on any atom is -0.374 e. The van der Waals surface area contributed by atoms with Crippen LogP contribution >= 0.6 is 0 Å². The van der Waals surface area contributed by atoms with E-state index in [1.165, 1.54) is 31.4 Å². The van der Waals surface area contributed by atoms with Crippen LogP contribution in [-0.4, -0.2) is 38.2 Å². The number of amides is 1. The Hall–Kier alpha value is -2.42. The first-order chi connectivity index (χ1) is 12.1. The fourth-order valence-electron chi connectivity index (χ4n) is 2.63. The van der Waals surface area contributed by atoms with Crippen molar-refractivity contribution in [3.05, 3.63) is 53.9 Å². The third kappa shape index (κ3) is 4.04. The zero-order chi connectivity index (χ0) is 19.5. The highest BCUT2D eigenvalue weighted by atomic mass is 19.4. The van der Waals surface area contributed by atoms with Crippen molar-refractivity contribution in [3.63, 3.8) is 0 Å². The van der Waals surface area contributed by atoms with E-state index in [2.05, 4.69) is 4.98 Å². The molecule has 142 valence electrons. The molecule has 26 heavy (non-hydrogen) atoms. The van der Waals surface area contributed by atoms with E-state index in [0.29, 0.717) is 5.56 Å². The van der Waals surface area contributed by atoms with Crippen molar-refractivity contribution in [3.8, 4) is 0 Å². The largest absolute Gasteiger partial charge is 0.425 e. The van der Waals surface area contributed by atoms with Gasteiger partial charge in [-0.3, -0.25) is 4.79 Å². The third-order valence-electron chi connectivity index (χ3n) is 4.06. The van der Waals surface area contributed by atoms with Crippen LogP contribution in [0.1, 0.15) is 24.7 Å². The molecule has 2 aromatic rings. The van der Waals surface area contributed by atoms with Crippen molar-refractivity contribution in [1.82, 2.24) is 14.5 Å². The summed E-state index contributed by atoms with van der Waals surface area (Å²) in [7, 11) is 1.30. The zero-order valence-electron chi connectivity index (χ0n) is 14.3. The summed E-state index contributed by atoms with van der Waals surface area (Å²) in [5.74, 6) is -2.09. The number of imidazole rings is 1. The molecule has 1 aromatic carbocycles. The number of aromatic nitrogens is 2. The van der Waals surface area contributed by atoms with Gasteiger partial charge < -0.3 is 14.6 Å². The predicted octanol–water partition coefficient (Wildman–Crippen LogP) is 2.75. The number of carbonyl (C=O) groups excluding carboxylic acids is 1. The number of carbonyl (C=O) groups is 1. The second-order valence-electron chi connectivity index (χ2n) is 5.93. The first-order valence-electron chi connectivity index (χ1n) is 7.87. The minimum atomic E-state index is -5.10. The van der Waals surface area contributed by atoms with E-state index < -0.39 is 35.7 Å². The SMILES string of the molecule is CCN(Cc1cccc(F)c1)C(=O)CC(O)(c1nccn1C)C(F)(F)F. The molecule has 0 spiro atoms. The Morgan fingerprint density at radius 1 is 1.35 bits per heavy atom. The lowest BCUT2D eigenvalue weighted by Crippen LogP contribution is -2.48. The molecule has 1 heterocycles. The highest BCUT2D eigenvalue weighted by Gasteiger charge is 2.58. The van der Waals surface area contributed by atoms with E-state index in [-0.39, 0.29) is 13.1 Å². The van der Waals surface area contributed by atoms with Crippen LogP contribution in [0.5, 0.6) is 0 Å². The molecule has 5 nitrogen and oxygen atoms in total. The van der Waals surface area contributed by atoms with Crippen molar-refractivity contribution in [2.24, 2.45) is 7.05 Å². The maximum atomic E-state index is 13.5. The number of aliphatic hydroxyl groups is 1. The van der Waals surface area contributed by atoms with Crippen LogP contribution in [-0.2, 0) is 24.0 Å².